The van der Waals surface area contributed by atoms with Gasteiger partial charge in [0.15, 0.2) is 4.46 Å². The molecule has 1 nitrogen and oxygen atoms in total. The highest BCUT2D eigenvalue weighted by Crippen LogP contribution is 2.36. The lowest BCUT2D eigenvalue weighted by Gasteiger charge is -2.32. The summed E-state index contributed by atoms with van der Waals surface area (Å²) in [7, 11) is 0. The van der Waals surface area contributed by atoms with E-state index in [0.29, 0.717) is 0 Å². The zero-order valence-electron chi connectivity index (χ0n) is 4.91. The fourth-order valence-electron chi connectivity index (χ4n) is 0.873. The quantitative estimate of drug-likeness (QED) is 0.321. The van der Waals surface area contributed by atoms with E-state index >= 15 is 0 Å². The highest BCUT2D eigenvalue weighted by Gasteiger charge is 2.33. The smallest absolute Gasteiger partial charge is 0.184 e. The molecule has 1 heterocycles. The van der Waals surface area contributed by atoms with Crippen molar-refractivity contribution in [2.75, 3.05) is 6.54 Å². The van der Waals surface area contributed by atoms with Gasteiger partial charge in [0.05, 0.1) is 0 Å². The first-order valence-electron chi connectivity index (χ1n) is 2.94. The van der Waals surface area contributed by atoms with Crippen molar-refractivity contribution in [3.63, 3.8) is 0 Å². The number of nitrogens with zero attached hydrogens (tertiary/aromatic N) is 1. The number of piperidine rings is 1. The van der Waals surface area contributed by atoms with Gasteiger partial charge in [0.2, 0.25) is 0 Å². The molecule has 0 aliphatic carbocycles. The van der Waals surface area contributed by atoms with Gasteiger partial charge in [-0.1, -0.05) is 23.2 Å². The zero-order valence-corrected chi connectivity index (χ0v) is 7.18. The molecule has 54 valence electrons. The fourth-order valence-corrected chi connectivity index (χ4v) is 1.51. The Kier molecular flexibility index (Phi) is 2.49. The molecule has 0 amide bonds. The van der Waals surface area contributed by atoms with Crippen LogP contribution in [0.3, 0.4) is 0 Å². The second-order valence-electron chi connectivity index (χ2n) is 2.21. The molecule has 0 atom stereocenters. The van der Waals surface area contributed by atoms with Crippen LogP contribution in [0.4, 0.5) is 0 Å². The van der Waals surface area contributed by atoms with Crippen molar-refractivity contribution in [2.24, 2.45) is 0 Å². The van der Waals surface area contributed by atoms with Crippen molar-refractivity contribution >= 4 is 35.0 Å². The Morgan fingerprint density at radius 2 is 1.89 bits per heavy atom. The van der Waals surface area contributed by atoms with E-state index < -0.39 is 4.46 Å². The SMILES string of the molecule is ClN1CCCCC1(Cl)Cl. The van der Waals surface area contributed by atoms with Crippen LogP contribution in [0, 0.1) is 0 Å². The maximum absolute atomic E-state index is 5.78. The van der Waals surface area contributed by atoms with Crippen LogP contribution >= 0.6 is 35.0 Å². The Hall–Kier alpha value is 0.830. The Morgan fingerprint density at radius 3 is 2.22 bits per heavy atom. The summed E-state index contributed by atoms with van der Waals surface area (Å²) in [5.74, 6) is 0. The molecule has 9 heavy (non-hydrogen) atoms. The van der Waals surface area contributed by atoms with Gasteiger partial charge in [-0.15, -0.1) is 0 Å². The van der Waals surface area contributed by atoms with E-state index in [9.17, 15) is 0 Å². The van der Waals surface area contributed by atoms with Gasteiger partial charge in [0, 0.05) is 6.54 Å². The van der Waals surface area contributed by atoms with Crippen molar-refractivity contribution in [1.29, 1.82) is 0 Å². The highest BCUT2D eigenvalue weighted by molar-refractivity contribution is 6.49. The van der Waals surface area contributed by atoms with E-state index in [2.05, 4.69) is 0 Å². The van der Waals surface area contributed by atoms with Crippen LogP contribution in [-0.4, -0.2) is 15.4 Å². The molecule has 1 aliphatic rings. The Labute approximate surface area is 70.0 Å². The maximum atomic E-state index is 5.78. The summed E-state index contributed by atoms with van der Waals surface area (Å²) in [5.41, 5.74) is 0. The largest absolute Gasteiger partial charge is 0.186 e. The van der Waals surface area contributed by atoms with E-state index in [1.54, 1.807) is 0 Å². The summed E-state index contributed by atoms with van der Waals surface area (Å²) >= 11 is 17.2. The first-order chi connectivity index (χ1) is 4.13. The van der Waals surface area contributed by atoms with Gasteiger partial charge < -0.3 is 0 Å². The zero-order chi connectivity index (χ0) is 6.91. The minimum atomic E-state index is -0.820. The Morgan fingerprint density at radius 1 is 1.22 bits per heavy atom. The van der Waals surface area contributed by atoms with Gasteiger partial charge in [-0.3, -0.25) is 0 Å². The van der Waals surface area contributed by atoms with Crippen molar-refractivity contribution in [3.8, 4) is 0 Å². The molecule has 0 bridgehead atoms. The van der Waals surface area contributed by atoms with E-state index in [4.69, 9.17) is 35.0 Å². The Bertz CT molecular complexity index is 104. The predicted molar refractivity (Wildman–Crippen MR) is 40.8 cm³/mol. The molecule has 0 spiro atoms. The fraction of sp³-hybridized carbons (Fsp3) is 1.00. The number of hydrogen-bond acceptors (Lipinski definition) is 1. The molecule has 1 fully saturated rings. The third-order valence-corrected chi connectivity index (χ3v) is 2.85. The molecule has 1 rings (SSSR count). The third kappa shape index (κ3) is 1.87. The lowest BCUT2D eigenvalue weighted by atomic mass is 10.2. The average molecular weight is 188 g/mol. The Balaban J connectivity index is 2.49. The van der Waals surface area contributed by atoms with Crippen LogP contribution in [0.2, 0.25) is 0 Å². The van der Waals surface area contributed by atoms with Gasteiger partial charge >= 0.3 is 0 Å². The molecule has 0 aromatic heterocycles. The number of hydrogen-bond donors (Lipinski definition) is 0. The monoisotopic (exact) mass is 187 g/mol. The molecular formula is C5H8Cl3N. The summed E-state index contributed by atoms with van der Waals surface area (Å²) in [6, 6.07) is 0. The first-order valence-corrected chi connectivity index (χ1v) is 4.03. The lowest BCUT2D eigenvalue weighted by molar-refractivity contribution is 0.300. The summed E-state index contributed by atoms with van der Waals surface area (Å²) in [4.78, 5) is 0. The first kappa shape index (κ1) is 7.93. The van der Waals surface area contributed by atoms with E-state index in [-0.39, 0.29) is 0 Å². The maximum Gasteiger partial charge on any atom is 0.184 e. The van der Waals surface area contributed by atoms with E-state index in [0.717, 1.165) is 25.8 Å². The molecule has 0 N–H and O–H groups in total. The summed E-state index contributed by atoms with van der Waals surface area (Å²) in [5, 5.41) is 0. The van der Waals surface area contributed by atoms with E-state index in [1.165, 1.54) is 4.42 Å². The molecule has 1 saturated heterocycles. The minimum Gasteiger partial charge on any atom is -0.186 e. The van der Waals surface area contributed by atoms with Gasteiger partial charge in [-0.05, 0) is 31.0 Å². The molecule has 0 saturated carbocycles. The predicted octanol–water partition coefficient (Wildman–Crippen LogP) is 2.76. The second-order valence-corrected chi connectivity index (χ2v) is 4.06. The van der Waals surface area contributed by atoms with Crippen molar-refractivity contribution in [1.82, 2.24) is 4.42 Å². The summed E-state index contributed by atoms with van der Waals surface area (Å²) < 4.78 is 0.638. The lowest BCUT2D eigenvalue weighted by Crippen LogP contribution is -2.36. The van der Waals surface area contributed by atoms with Crippen LogP contribution < -0.4 is 0 Å². The molecule has 0 aromatic rings. The molecule has 4 heteroatoms. The molecule has 0 aromatic carbocycles. The highest BCUT2D eigenvalue weighted by atomic mass is 35.5. The number of halogens is 3. The topological polar surface area (TPSA) is 3.24 Å². The average Bonchev–Trinajstić information content (AvgIpc) is 1.77. The van der Waals surface area contributed by atoms with Gasteiger partial charge in [0.1, 0.15) is 0 Å². The summed E-state index contributed by atoms with van der Waals surface area (Å²) in [6.45, 7) is 0.786. The minimum absolute atomic E-state index is 0.764. The van der Waals surface area contributed by atoms with E-state index in [1.807, 2.05) is 0 Å². The normalized spacial score (nSPS) is 28.3. The van der Waals surface area contributed by atoms with Crippen LogP contribution in [0.25, 0.3) is 0 Å². The standard InChI is InChI=1S/C5H8Cl3N/c6-5(7)3-1-2-4-9(5)8/h1-4H2. The number of rotatable bonds is 0. The van der Waals surface area contributed by atoms with Crippen LogP contribution in [-0.2, 0) is 0 Å². The molecule has 1 aliphatic heterocycles. The summed E-state index contributed by atoms with van der Waals surface area (Å²) in [6.07, 6.45) is 2.92. The van der Waals surface area contributed by atoms with Gasteiger partial charge in [0.25, 0.3) is 0 Å². The second kappa shape index (κ2) is 2.83. The third-order valence-electron chi connectivity index (χ3n) is 1.44. The molecule has 0 unspecified atom stereocenters. The van der Waals surface area contributed by atoms with Crippen LogP contribution in [0.15, 0.2) is 0 Å². The van der Waals surface area contributed by atoms with Crippen LogP contribution in [0.1, 0.15) is 19.3 Å². The van der Waals surface area contributed by atoms with Crippen LogP contribution in [0.5, 0.6) is 0 Å². The van der Waals surface area contributed by atoms with Crippen molar-refractivity contribution < 1.29 is 0 Å². The number of alkyl halides is 2. The molecule has 0 radical (unpaired) electrons. The van der Waals surface area contributed by atoms with Gasteiger partial charge in [-0.25, -0.2) is 0 Å². The van der Waals surface area contributed by atoms with Gasteiger partial charge in [-0.2, -0.15) is 4.42 Å². The van der Waals surface area contributed by atoms with Crippen molar-refractivity contribution in [2.45, 2.75) is 23.7 Å². The molecular weight excluding hydrogens is 180 g/mol. The van der Waals surface area contributed by atoms with Crippen molar-refractivity contribution in [3.05, 3.63) is 0 Å².